The lowest BCUT2D eigenvalue weighted by molar-refractivity contribution is -0.110. The van der Waals surface area contributed by atoms with Crippen LogP contribution in [0.3, 0.4) is 0 Å². The number of piperazine rings is 1. The normalized spacial score (nSPS) is 21.3. The first-order chi connectivity index (χ1) is 14.7. The highest BCUT2D eigenvalue weighted by atomic mass is 16.5. The zero-order chi connectivity index (χ0) is 20.5. The van der Waals surface area contributed by atoms with Gasteiger partial charge in [-0.2, -0.15) is 0 Å². The molecule has 1 amide bonds. The van der Waals surface area contributed by atoms with Crippen molar-refractivity contribution in [1.29, 1.82) is 0 Å². The number of aliphatic hydroxyl groups is 1. The van der Waals surface area contributed by atoms with E-state index in [4.69, 9.17) is 9.84 Å². The molecule has 3 aliphatic heterocycles. The Balaban J connectivity index is 1.29. The number of hydrogen-bond acceptors (Lipinski definition) is 5. The Labute approximate surface area is 176 Å². The molecule has 0 spiro atoms. The van der Waals surface area contributed by atoms with Crippen LogP contribution in [0.1, 0.15) is 22.3 Å². The van der Waals surface area contributed by atoms with Crippen LogP contribution in [0.2, 0.25) is 0 Å². The summed E-state index contributed by atoms with van der Waals surface area (Å²) in [7, 11) is 0. The number of amides is 1. The van der Waals surface area contributed by atoms with Gasteiger partial charge in [-0.25, -0.2) is 0 Å². The number of β-amino-alcohol motifs (C(OH)–C–C–N with tert-alkyl or cyclic N) is 1. The van der Waals surface area contributed by atoms with Crippen molar-refractivity contribution >= 4 is 22.9 Å². The van der Waals surface area contributed by atoms with Crippen LogP contribution in [0.15, 0.2) is 42.5 Å². The summed E-state index contributed by atoms with van der Waals surface area (Å²) in [4.78, 5) is 17.4. The van der Waals surface area contributed by atoms with Crippen LogP contribution in [-0.2, 0) is 22.6 Å². The summed E-state index contributed by atoms with van der Waals surface area (Å²) >= 11 is 0. The molecule has 0 saturated carbocycles. The number of aliphatic hydroxyl groups excluding tert-OH is 1. The van der Waals surface area contributed by atoms with E-state index in [0.717, 1.165) is 68.1 Å². The Morgan fingerprint density at radius 3 is 2.53 bits per heavy atom. The van der Waals surface area contributed by atoms with Crippen LogP contribution >= 0.6 is 0 Å². The molecule has 6 nitrogen and oxygen atoms in total. The number of nitrogens with zero attached hydrogens (tertiary/aromatic N) is 2. The third kappa shape index (κ3) is 3.62. The Kier molecular flexibility index (Phi) is 5.29. The molecule has 0 radical (unpaired) electrons. The van der Waals surface area contributed by atoms with Gasteiger partial charge in [0.05, 0.1) is 12.2 Å². The molecule has 2 aromatic carbocycles. The lowest BCUT2D eigenvalue weighted by atomic mass is 9.98. The van der Waals surface area contributed by atoms with Gasteiger partial charge in [0.2, 0.25) is 0 Å². The summed E-state index contributed by atoms with van der Waals surface area (Å²) in [6.45, 7) is 6.73. The molecule has 0 aliphatic carbocycles. The summed E-state index contributed by atoms with van der Waals surface area (Å²) in [6.07, 6.45) is 1.00. The lowest BCUT2D eigenvalue weighted by Crippen LogP contribution is -2.47. The zero-order valence-corrected chi connectivity index (χ0v) is 17.1. The van der Waals surface area contributed by atoms with E-state index in [9.17, 15) is 4.79 Å². The molecule has 1 saturated heterocycles. The van der Waals surface area contributed by atoms with Crippen molar-refractivity contribution in [2.75, 3.05) is 51.2 Å². The first-order valence-corrected chi connectivity index (χ1v) is 10.7. The lowest BCUT2D eigenvalue weighted by Gasteiger charge is -2.34. The van der Waals surface area contributed by atoms with Crippen LogP contribution in [0.4, 0.5) is 5.69 Å². The number of hydrogen-bond donors (Lipinski definition) is 2. The van der Waals surface area contributed by atoms with Gasteiger partial charge in [0.1, 0.15) is 12.4 Å². The minimum absolute atomic E-state index is 0.0940. The van der Waals surface area contributed by atoms with Gasteiger partial charge in [-0.05, 0) is 18.1 Å². The molecule has 0 atom stereocenters. The predicted molar refractivity (Wildman–Crippen MR) is 117 cm³/mol. The summed E-state index contributed by atoms with van der Waals surface area (Å²) in [5.74, 6) is 0.600. The van der Waals surface area contributed by atoms with Crippen LogP contribution in [0.5, 0.6) is 0 Å². The molecule has 0 unspecified atom stereocenters. The Morgan fingerprint density at radius 1 is 0.967 bits per heavy atom. The topological polar surface area (TPSA) is 65.0 Å². The largest absolute Gasteiger partial charge is 0.487 e. The van der Waals surface area contributed by atoms with Crippen molar-refractivity contribution in [3.05, 3.63) is 64.7 Å². The first kappa shape index (κ1) is 19.3. The van der Waals surface area contributed by atoms with Crippen LogP contribution in [-0.4, -0.2) is 66.7 Å². The van der Waals surface area contributed by atoms with Gasteiger partial charge in [0.25, 0.3) is 5.91 Å². The van der Waals surface area contributed by atoms with Gasteiger partial charge in [-0.1, -0.05) is 36.4 Å². The average Bonchev–Trinajstić information content (AvgIpc) is 3.32. The minimum Gasteiger partial charge on any atom is -0.487 e. The fraction of sp³-hybridized carbons (Fsp3) is 0.375. The van der Waals surface area contributed by atoms with Gasteiger partial charge in [0, 0.05) is 61.6 Å². The van der Waals surface area contributed by atoms with Gasteiger partial charge < -0.3 is 20.1 Å². The smallest absolute Gasteiger partial charge is 0.260 e. The Morgan fingerprint density at radius 2 is 1.73 bits per heavy atom. The number of carbonyl (C=O) groups is 1. The first-order valence-electron chi connectivity index (χ1n) is 10.7. The molecule has 30 heavy (non-hydrogen) atoms. The number of carbonyl (C=O) groups excluding carboxylic acids is 1. The van der Waals surface area contributed by atoms with Gasteiger partial charge in [-0.3, -0.25) is 9.69 Å². The standard InChI is InChI=1S/C24H27N3O3/c28-14-13-27-11-9-26(10-12-27)8-7-17-5-6-19-18(15-17)16-30-23(19)22-20-3-1-2-4-21(20)25-24(22)29/h1-6,15,28H,7-14,16H2,(H,25,29). The summed E-state index contributed by atoms with van der Waals surface area (Å²) in [5.41, 5.74) is 5.88. The SMILES string of the molecule is O=C1Nc2ccccc2C1=C1OCc2cc(CCN3CCN(CCO)CC3)ccc21. The molecule has 0 aromatic heterocycles. The van der Waals surface area contributed by atoms with Crippen LogP contribution < -0.4 is 5.32 Å². The number of anilines is 1. The number of ether oxygens (including phenoxy) is 1. The number of benzene rings is 2. The Hall–Kier alpha value is -2.67. The van der Waals surface area contributed by atoms with Gasteiger partial charge >= 0.3 is 0 Å². The van der Waals surface area contributed by atoms with Crippen LogP contribution in [0.25, 0.3) is 11.3 Å². The second-order valence-electron chi connectivity index (χ2n) is 8.14. The molecule has 3 heterocycles. The molecule has 1 fully saturated rings. The second-order valence-corrected chi connectivity index (χ2v) is 8.14. The number of para-hydroxylation sites is 1. The number of fused-ring (bicyclic) bond motifs is 2. The summed E-state index contributed by atoms with van der Waals surface area (Å²) in [6, 6.07) is 14.2. The maximum Gasteiger partial charge on any atom is 0.260 e. The quantitative estimate of drug-likeness (QED) is 0.747. The predicted octanol–water partition coefficient (Wildman–Crippen LogP) is 2.19. The maximum absolute atomic E-state index is 12.6. The van der Waals surface area contributed by atoms with E-state index in [1.54, 1.807) is 0 Å². The van der Waals surface area contributed by atoms with Crippen molar-refractivity contribution in [3.63, 3.8) is 0 Å². The highest BCUT2D eigenvalue weighted by Crippen LogP contribution is 2.41. The van der Waals surface area contributed by atoms with Crippen molar-refractivity contribution in [1.82, 2.24) is 9.80 Å². The van der Waals surface area contributed by atoms with Crippen molar-refractivity contribution < 1.29 is 14.6 Å². The summed E-state index contributed by atoms with van der Waals surface area (Å²) in [5, 5.41) is 12.0. The molecule has 2 N–H and O–H groups in total. The molecule has 2 aromatic rings. The van der Waals surface area contributed by atoms with E-state index in [2.05, 4.69) is 33.3 Å². The molecule has 5 rings (SSSR count). The fourth-order valence-electron chi connectivity index (χ4n) is 4.59. The molecule has 3 aliphatic rings. The summed E-state index contributed by atoms with van der Waals surface area (Å²) < 4.78 is 6.00. The molecule has 6 heteroatoms. The van der Waals surface area contributed by atoms with Crippen LogP contribution in [0, 0.1) is 0 Å². The van der Waals surface area contributed by atoms with E-state index in [1.165, 1.54) is 5.56 Å². The zero-order valence-electron chi connectivity index (χ0n) is 17.1. The monoisotopic (exact) mass is 405 g/mol. The van der Waals surface area contributed by atoms with Crippen molar-refractivity contribution in [3.8, 4) is 0 Å². The minimum atomic E-state index is -0.0940. The third-order valence-electron chi connectivity index (χ3n) is 6.28. The van der Waals surface area contributed by atoms with E-state index >= 15 is 0 Å². The Bertz CT molecular complexity index is 993. The maximum atomic E-state index is 12.6. The highest BCUT2D eigenvalue weighted by Gasteiger charge is 2.32. The number of rotatable bonds is 5. The highest BCUT2D eigenvalue weighted by molar-refractivity contribution is 6.36. The number of nitrogens with one attached hydrogen (secondary N) is 1. The molecule has 0 bridgehead atoms. The van der Waals surface area contributed by atoms with E-state index in [0.29, 0.717) is 17.9 Å². The van der Waals surface area contributed by atoms with Crippen molar-refractivity contribution in [2.24, 2.45) is 0 Å². The molecule has 156 valence electrons. The van der Waals surface area contributed by atoms with E-state index < -0.39 is 0 Å². The third-order valence-corrected chi connectivity index (χ3v) is 6.28. The fourth-order valence-corrected chi connectivity index (χ4v) is 4.59. The average molecular weight is 405 g/mol. The van der Waals surface area contributed by atoms with E-state index in [1.807, 2.05) is 24.3 Å². The van der Waals surface area contributed by atoms with E-state index in [-0.39, 0.29) is 12.5 Å². The molecular weight excluding hydrogens is 378 g/mol. The molecular formula is C24H27N3O3. The second kappa shape index (κ2) is 8.22. The van der Waals surface area contributed by atoms with Gasteiger partial charge in [-0.15, -0.1) is 0 Å². The van der Waals surface area contributed by atoms with Gasteiger partial charge in [0.15, 0.2) is 0 Å². The van der Waals surface area contributed by atoms with Crippen molar-refractivity contribution in [2.45, 2.75) is 13.0 Å².